The number of hydrogen-bond donors (Lipinski definition) is 3. The van der Waals surface area contributed by atoms with Crippen LogP contribution in [0.2, 0.25) is 0 Å². The monoisotopic (exact) mass is 400 g/mol. The maximum absolute atomic E-state index is 12.9. The van der Waals surface area contributed by atoms with Gasteiger partial charge in [-0.15, -0.1) is 0 Å². The zero-order chi connectivity index (χ0) is 20.9. The maximum atomic E-state index is 12.9. The lowest BCUT2D eigenvalue weighted by Crippen LogP contribution is -2.29. The molecular weight excluding hydrogens is 380 g/mol. The van der Waals surface area contributed by atoms with E-state index in [0.29, 0.717) is 11.3 Å². The fourth-order valence-electron chi connectivity index (χ4n) is 3.21. The number of primary amides is 1. The number of fused-ring (bicyclic) bond motifs is 1. The van der Waals surface area contributed by atoms with Crippen molar-refractivity contribution in [3.63, 3.8) is 0 Å². The summed E-state index contributed by atoms with van der Waals surface area (Å²) in [6.45, 7) is -0.211. The molecule has 7 nitrogen and oxygen atoms in total. The van der Waals surface area contributed by atoms with Gasteiger partial charge < -0.3 is 20.8 Å². The Balaban J connectivity index is 1.58. The number of nitrogens with one attached hydrogen (secondary N) is 2. The standard InChI is InChI=1S/C23H20N4O3/c24-21(28)13-30-18-9-6-16(7-10-18)23(29)27-22(15-4-2-1-3-5-15)17-8-11-19-20(12-17)26-14-25-19/h1-12,14,22H,13H2,(H2,24,28)(H,25,26)(H,27,29). The lowest BCUT2D eigenvalue weighted by molar-refractivity contribution is -0.119. The van der Waals surface area contributed by atoms with E-state index >= 15 is 0 Å². The fourth-order valence-corrected chi connectivity index (χ4v) is 3.21. The Morgan fingerprint density at radius 3 is 2.50 bits per heavy atom. The first-order valence-corrected chi connectivity index (χ1v) is 9.40. The first kappa shape index (κ1) is 19.2. The third-order valence-corrected chi connectivity index (χ3v) is 4.68. The molecule has 1 atom stereocenters. The summed E-state index contributed by atoms with van der Waals surface area (Å²) >= 11 is 0. The van der Waals surface area contributed by atoms with E-state index in [1.54, 1.807) is 30.6 Å². The second-order valence-electron chi connectivity index (χ2n) is 6.78. The summed E-state index contributed by atoms with van der Waals surface area (Å²) in [4.78, 5) is 31.1. The molecule has 1 aromatic heterocycles. The Morgan fingerprint density at radius 2 is 1.77 bits per heavy atom. The molecule has 0 saturated carbocycles. The van der Waals surface area contributed by atoms with E-state index in [1.165, 1.54) is 0 Å². The molecule has 30 heavy (non-hydrogen) atoms. The highest BCUT2D eigenvalue weighted by atomic mass is 16.5. The molecule has 7 heteroatoms. The van der Waals surface area contributed by atoms with Crippen LogP contribution in [0.15, 0.2) is 79.1 Å². The fraction of sp³-hybridized carbons (Fsp3) is 0.0870. The number of carbonyl (C=O) groups is 2. The van der Waals surface area contributed by atoms with Gasteiger partial charge in [0.25, 0.3) is 11.8 Å². The number of benzene rings is 3. The number of imidazole rings is 1. The van der Waals surface area contributed by atoms with Gasteiger partial charge in [0, 0.05) is 5.56 Å². The quantitative estimate of drug-likeness (QED) is 0.443. The van der Waals surface area contributed by atoms with Gasteiger partial charge in [-0.3, -0.25) is 9.59 Å². The van der Waals surface area contributed by atoms with Gasteiger partial charge in [0.15, 0.2) is 6.61 Å². The van der Waals surface area contributed by atoms with Gasteiger partial charge in [-0.2, -0.15) is 0 Å². The molecule has 0 saturated heterocycles. The lowest BCUT2D eigenvalue weighted by Gasteiger charge is -2.20. The average Bonchev–Trinajstić information content (AvgIpc) is 3.24. The van der Waals surface area contributed by atoms with Crippen molar-refractivity contribution in [2.75, 3.05) is 6.61 Å². The van der Waals surface area contributed by atoms with E-state index in [0.717, 1.165) is 22.2 Å². The highest BCUT2D eigenvalue weighted by Gasteiger charge is 2.18. The van der Waals surface area contributed by atoms with E-state index in [2.05, 4.69) is 15.3 Å². The summed E-state index contributed by atoms with van der Waals surface area (Å²) in [6, 6.07) is 21.9. The van der Waals surface area contributed by atoms with Crippen LogP contribution in [0.3, 0.4) is 0 Å². The summed E-state index contributed by atoms with van der Waals surface area (Å²) in [5, 5.41) is 3.10. The van der Waals surface area contributed by atoms with Crippen molar-refractivity contribution in [2.24, 2.45) is 5.73 Å². The van der Waals surface area contributed by atoms with E-state index in [4.69, 9.17) is 10.5 Å². The summed E-state index contributed by atoms with van der Waals surface area (Å²) < 4.78 is 5.24. The van der Waals surface area contributed by atoms with Crippen molar-refractivity contribution in [1.29, 1.82) is 0 Å². The summed E-state index contributed by atoms with van der Waals surface area (Å²) in [5.74, 6) is -0.318. The van der Waals surface area contributed by atoms with Crippen LogP contribution in [0.25, 0.3) is 11.0 Å². The number of hydrogen-bond acceptors (Lipinski definition) is 4. The Hall–Kier alpha value is -4.13. The van der Waals surface area contributed by atoms with Crippen molar-refractivity contribution in [2.45, 2.75) is 6.04 Å². The Bertz CT molecular complexity index is 1170. The van der Waals surface area contributed by atoms with Gasteiger partial charge in [-0.25, -0.2) is 4.98 Å². The molecule has 4 aromatic rings. The smallest absolute Gasteiger partial charge is 0.255 e. The van der Waals surface area contributed by atoms with Crippen molar-refractivity contribution < 1.29 is 14.3 Å². The van der Waals surface area contributed by atoms with E-state index in [9.17, 15) is 9.59 Å². The van der Waals surface area contributed by atoms with Crippen LogP contribution in [0.5, 0.6) is 5.75 Å². The van der Waals surface area contributed by atoms with Crippen molar-refractivity contribution >= 4 is 22.8 Å². The molecule has 3 aromatic carbocycles. The highest BCUT2D eigenvalue weighted by molar-refractivity contribution is 5.95. The molecule has 0 aliphatic heterocycles. The number of ether oxygens (including phenoxy) is 1. The summed E-state index contributed by atoms with van der Waals surface area (Å²) in [5.41, 5.74) is 9.22. The van der Waals surface area contributed by atoms with Gasteiger partial charge >= 0.3 is 0 Å². The second-order valence-corrected chi connectivity index (χ2v) is 6.78. The van der Waals surface area contributed by atoms with Gasteiger partial charge in [0.1, 0.15) is 5.75 Å². The molecular formula is C23H20N4O3. The molecule has 2 amide bonds. The second kappa shape index (κ2) is 8.48. The van der Waals surface area contributed by atoms with E-state index < -0.39 is 5.91 Å². The molecule has 1 heterocycles. The van der Waals surface area contributed by atoms with E-state index in [-0.39, 0.29) is 18.6 Å². The summed E-state index contributed by atoms with van der Waals surface area (Å²) in [7, 11) is 0. The van der Waals surface area contributed by atoms with Crippen LogP contribution in [0, 0.1) is 0 Å². The zero-order valence-corrected chi connectivity index (χ0v) is 16.0. The van der Waals surface area contributed by atoms with Gasteiger partial charge in [-0.1, -0.05) is 36.4 Å². The largest absolute Gasteiger partial charge is 0.484 e. The number of aromatic nitrogens is 2. The van der Waals surface area contributed by atoms with Gasteiger partial charge in [0.05, 0.1) is 23.4 Å². The Morgan fingerprint density at radius 1 is 1.00 bits per heavy atom. The first-order chi connectivity index (χ1) is 14.6. The molecule has 150 valence electrons. The zero-order valence-electron chi connectivity index (χ0n) is 16.0. The van der Waals surface area contributed by atoms with Crippen LogP contribution in [0.4, 0.5) is 0 Å². The SMILES string of the molecule is NC(=O)COc1ccc(C(=O)NC(c2ccccc2)c2ccc3nc[nH]c3c2)cc1. The molecule has 0 spiro atoms. The molecule has 0 aliphatic rings. The molecule has 1 unspecified atom stereocenters. The third-order valence-electron chi connectivity index (χ3n) is 4.68. The molecule has 0 radical (unpaired) electrons. The normalized spacial score (nSPS) is 11.7. The Labute approximate surface area is 172 Å². The number of nitrogens with two attached hydrogens (primary N) is 1. The third kappa shape index (κ3) is 4.30. The van der Waals surface area contributed by atoms with Crippen LogP contribution >= 0.6 is 0 Å². The Kier molecular flexibility index (Phi) is 5.43. The van der Waals surface area contributed by atoms with Crippen molar-refractivity contribution in [3.8, 4) is 5.75 Å². The predicted molar refractivity (Wildman–Crippen MR) is 113 cm³/mol. The van der Waals surface area contributed by atoms with Crippen LogP contribution in [0.1, 0.15) is 27.5 Å². The minimum atomic E-state index is -0.559. The average molecular weight is 400 g/mol. The minimum absolute atomic E-state index is 0.211. The number of carbonyl (C=O) groups excluding carboxylic acids is 2. The minimum Gasteiger partial charge on any atom is -0.484 e. The topological polar surface area (TPSA) is 110 Å². The number of amides is 2. The molecule has 0 aliphatic carbocycles. The number of rotatable bonds is 7. The molecule has 4 rings (SSSR count). The first-order valence-electron chi connectivity index (χ1n) is 9.40. The highest BCUT2D eigenvalue weighted by Crippen LogP contribution is 2.25. The molecule has 4 N–H and O–H groups in total. The van der Waals surface area contributed by atoms with Gasteiger partial charge in [0.2, 0.25) is 0 Å². The van der Waals surface area contributed by atoms with Crippen LogP contribution in [-0.4, -0.2) is 28.4 Å². The van der Waals surface area contributed by atoms with E-state index in [1.807, 2.05) is 48.5 Å². The number of nitrogens with zero attached hydrogens (tertiary/aromatic N) is 1. The maximum Gasteiger partial charge on any atom is 0.255 e. The van der Waals surface area contributed by atoms with Crippen LogP contribution in [-0.2, 0) is 4.79 Å². The molecule has 0 fully saturated rings. The number of H-pyrrole nitrogens is 1. The van der Waals surface area contributed by atoms with Crippen molar-refractivity contribution in [1.82, 2.24) is 15.3 Å². The van der Waals surface area contributed by atoms with Gasteiger partial charge in [-0.05, 0) is 47.5 Å². The predicted octanol–water partition coefficient (Wildman–Crippen LogP) is 2.95. The number of aromatic amines is 1. The van der Waals surface area contributed by atoms with Crippen LogP contribution < -0.4 is 15.8 Å². The lowest BCUT2D eigenvalue weighted by atomic mass is 9.97. The molecule has 0 bridgehead atoms. The summed E-state index contributed by atoms with van der Waals surface area (Å²) in [6.07, 6.45) is 1.65. The van der Waals surface area contributed by atoms with Crippen molar-refractivity contribution in [3.05, 3.63) is 95.8 Å².